The van der Waals surface area contributed by atoms with Crippen LogP contribution in [0.4, 0.5) is 5.69 Å². The average Bonchev–Trinajstić information content (AvgIpc) is 3.32. The zero-order valence-electron chi connectivity index (χ0n) is 18.1. The number of halogens is 1. The number of ether oxygens (including phenoxy) is 2. The van der Waals surface area contributed by atoms with Gasteiger partial charge in [-0.25, -0.2) is 0 Å². The summed E-state index contributed by atoms with van der Waals surface area (Å²) in [7, 11) is 1.76. The number of rotatable bonds is 7. The summed E-state index contributed by atoms with van der Waals surface area (Å²) in [5.41, 5.74) is 4.03. The van der Waals surface area contributed by atoms with Gasteiger partial charge in [0.1, 0.15) is 0 Å². The number of hydrogen-bond donors (Lipinski definition) is 1. The van der Waals surface area contributed by atoms with Crippen LogP contribution in [0, 0.1) is 13.8 Å². The van der Waals surface area contributed by atoms with Crippen molar-refractivity contribution in [2.45, 2.75) is 13.8 Å². The average molecular weight is 498 g/mol. The highest BCUT2D eigenvalue weighted by molar-refractivity contribution is 9.10. The zero-order valence-corrected chi connectivity index (χ0v) is 19.7. The lowest BCUT2D eigenvalue weighted by atomic mass is 10.1. The molecule has 0 spiro atoms. The van der Waals surface area contributed by atoms with Gasteiger partial charge in [-0.15, -0.1) is 0 Å². The van der Waals surface area contributed by atoms with Crippen LogP contribution in [0.1, 0.15) is 21.7 Å². The Morgan fingerprint density at radius 3 is 2.59 bits per heavy atom. The van der Waals surface area contributed by atoms with E-state index in [1.807, 2.05) is 66.9 Å². The van der Waals surface area contributed by atoms with Gasteiger partial charge in [0.05, 0.1) is 18.8 Å². The number of ketones is 1. The van der Waals surface area contributed by atoms with Crippen LogP contribution in [0.3, 0.4) is 0 Å². The summed E-state index contributed by atoms with van der Waals surface area (Å²) in [6.45, 7) is 4.34. The van der Waals surface area contributed by atoms with Gasteiger partial charge in [-0.05, 0) is 67.2 Å². The number of aryl methyl sites for hydroxylation is 1. The second-order valence-corrected chi connectivity index (χ2v) is 8.64. The SMILES string of the molecule is Cc1cc(C(=O)CN(C)CC(=O)Nc2ccccc2Br)c(C)n1-c1ccc2c(c1)OCO2. The van der Waals surface area contributed by atoms with E-state index in [0.29, 0.717) is 17.0 Å². The van der Waals surface area contributed by atoms with Gasteiger partial charge in [0.15, 0.2) is 17.3 Å². The molecule has 2 heterocycles. The molecule has 1 aromatic heterocycles. The number of amides is 1. The number of aromatic nitrogens is 1. The lowest BCUT2D eigenvalue weighted by Gasteiger charge is -2.16. The number of carbonyl (C=O) groups excluding carboxylic acids is 2. The van der Waals surface area contributed by atoms with Gasteiger partial charge in [-0.1, -0.05) is 12.1 Å². The Morgan fingerprint density at radius 2 is 1.81 bits per heavy atom. The maximum atomic E-state index is 13.0. The molecule has 4 rings (SSSR count). The molecular formula is C24H24BrN3O4. The van der Waals surface area contributed by atoms with E-state index in [2.05, 4.69) is 21.2 Å². The number of nitrogens with one attached hydrogen (secondary N) is 1. The molecule has 0 bridgehead atoms. The number of fused-ring (bicyclic) bond motifs is 1. The number of hydrogen-bond acceptors (Lipinski definition) is 5. The van der Waals surface area contributed by atoms with E-state index in [9.17, 15) is 9.59 Å². The highest BCUT2D eigenvalue weighted by Gasteiger charge is 2.21. The predicted molar refractivity (Wildman–Crippen MR) is 126 cm³/mol. The summed E-state index contributed by atoms with van der Waals surface area (Å²) in [5, 5.41) is 2.86. The molecule has 166 valence electrons. The highest BCUT2D eigenvalue weighted by Crippen LogP contribution is 2.35. The Kier molecular flexibility index (Phi) is 6.34. The molecule has 1 amide bonds. The lowest BCUT2D eigenvalue weighted by molar-refractivity contribution is -0.116. The van der Waals surface area contributed by atoms with Crippen molar-refractivity contribution < 1.29 is 19.1 Å². The van der Waals surface area contributed by atoms with Crippen molar-refractivity contribution in [1.82, 2.24) is 9.47 Å². The summed E-state index contributed by atoms with van der Waals surface area (Å²) in [5.74, 6) is 1.19. The summed E-state index contributed by atoms with van der Waals surface area (Å²) in [6, 6.07) is 15.0. The second-order valence-electron chi connectivity index (χ2n) is 7.78. The van der Waals surface area contributed by atoms with Gasteiger partial charge in [-0.2, -0.15) is 0 Å². The van der Waals surface area contributed by atoms with Crippen molar-refractivity contribution in [2.75, 3.05) is 32.2 Å². The van der Waals surface area contributed by atoms with Gasteiger partial charge < -0.3 is 19.4 Å². The second kappa shape index (κ2) is 9.18. The largest absolute Gasteiger partial charge is 0.454 e. The first-order valence-electron chi connectivity index (χ1n) is 10.2. The van der Waals surface area contributed by atoms with E-state index >= 15 is 0 Å². The van der Waals surface area contributed by atoms with Crippen molar-refractivity contribution in [3.05, 3.63) is 70.0 Å². The fraction of sp³-hybridized carbons (Fsp3) is 0.250. The summed E-state index contributed by atoms with van der Waals surface area (Å²) in [4.78, 5) is 27.1. The minimum Gasteiger partial charge on any atom is -0.454 e. The molecule has 7 nitrogen and oxygen atoms in total. The van der Waals surface area contributed by atoms with Crippen molar-refractivity contribution in [3.63, 3.8) is 0 Å². The third-order valence-corrected chi connectivity index (χ3v) is 6.01. The van der Waals surface area contributed by atoms with E-state index in [0.717, 1.165) is 27.3 Å². The van der Waals surface area contributed by atoms with E-state index in [1.165, 1.54) is 0 Å². The van der Waals surface area contributed by atoms with Crippen LogP contribution in [-0.4, -0.2) is 48.1 Å². The topological polar surface area (TPSA) is 72.8 Å². The highest BCUT2D eigenvalue weighted by atomic mass is 79.9. The van der Waals surface area contributed by atoms with Gasteiger partial charge in [0.25, 0.3) is 0 Å². The van der Waals surface area contributed by atoms with Crippen molar-refractivity contribution in [3.8, 4) is 17.2 Å². The maximum Gasteiger partial charge on any atom is 0.238 e. The van der Waals surface area contributed by atoms with Crippen LogP contribution < -0.4 is 14.8 Å². The van der Waals surface area contributed by atoms with Crippen molar-refractivity contribution in [1.29, 1.82) is 0 Å². The maximum absolute atomic E-state index is 13.0. The van der Waals surface area contributed by atoms with Gasteiger partial charge >= 0.3 is 0 Å². The molecule has 0 atom stereocenters. The Morgan fingerprint density at radius 1 is 1.06 bits per heavy atom. The van der Waals surface area contributed by atoms with Gasteiger partial charge in [0.2, 0.25) is 12.7 Å². The summed E-state index contributed by atoms with van der Waals surface area (Å²) < 4.78 is 13.7. The molecule has 1 aliphatic heterocycles. The van der Waals surface area contributed by atoms with E-state index in [1.54, 1.807) is 11.9 Å². The molecule has 0 unspecified atom stereocenters. The smallest absolute Gasteiger partial charge is 0.238 e. The molecule has 32 heavy (non-hydrogen) atoms. The number of nitrogens with zero attached hydrogens (tertiary/aromatic N) is 2. The number of likely N-dealkylation sites (N-methyl/N-ethyl adjacent to an activating group) is 1. The number of carbonyl (C=O) groups is 2. The summed E-state index contributed by atoms with van der Waals surface area (Å²) in [6.07, 6.45) is 0. The van der Waals surface area contributed by atoms with Crippen LogP contribution >= 0.6 is 15.9 Å². The zero-order chi connectivity index (χ0) is 22.8. The molecule has 0 radical (unpaired) electrons. The molecule has 1 aliphatic rings. The quantitative estimate of drug-likeness (QED) is 0.491. The first kappa shape index (κ1) is 22.1. The predicted octanol–water partition coefficient (Wildman–Crippen LogP) is 4.34. The van der Waals surface area contributed by atoms with E-state index in [4.69, 9.17) is 9.47 Å². The fourth-order valence-corrected chi connectivity index (χ4v) is 4.23. The summed E-state index contributed by atoms with van der Waals surface area (Å²) >= 11 is 3.41. The number of Topliss-reactive ketones (excluding diaryl/α,β-unsaturated/α-hetero) is 1. The van der Waals surface area contributed by atoms with E-state index in [-0.39, 0.29) is 31.6 Å². The molecule has 0 fully saturated rings. The molecule has 0 aliphatic carbocycles. The third-order valence-electron chi connectivity index (χ3n) is 5.32. The van der Waals surface area contributed by atoms with Crippen molar-refractivity contribution >= 4 is 33.3 Å². The van der Waals surface area contributed by atoms with Crippen molar-refractivity contribution in [2.24, 2.45) is 0 Å². The molecule has 3 aromatic rings. The van der Waals surface area contributed by atoms with Gasteiger partial charge in [0, 0.05) is 33.2 Å². The lowest BCUT2D eigenvalue weighted by Crippen LogP contribution is -2.34. The molecule has 0 saturated heterocycles. The van der Waals surface area contributed by atoms with Crippen LogP contribution in [0.5, 0.6) is 11.5 Å². The number of benzene rings is 2. The fourth-order valence-electron chi connectivity index (χ4n) is 3.85. The Bertz CT molecular complexity index is 1190. The Balaban J connectivity index is 1.44. The monoisotopic (exact) mass is 497 g/mol. The molecule has 0 saturated carbocycles. The Labute approximate surface area is 195 Å². The first-order chi connectivity index (χ1) is 15.3. The van der Waals surface area contributed by atoms with Gasteiger partial charge in [-0.3, -0.25) is 14.5 Å². The normalized spacial score (nSPS) is 12.3. The third kappa shape index (κ3) is 4.56. The first-order valence-corrected chi connectivity index (χ1v) is 11.0. The number of anilines is 1. The minimum atomic E-state index is -0.182. The van der Waals surface area contributed by atoms with Crippen LogP contribution in [0.25, 0.3) is 5.69 Å². The molecule has 8 heteroatoms. The van der Waals surface area contributed by atoms with E-state index < -0.39 is 0 Å². The standard InChI is InChI=1S/C24H24BrN3O4/c1-15-10-18(16(2)28(15)17-8-9-22-23(11-17)32-14-31-22)21(29)12-27(3)13-24(30)26-20-7-5-4-6-19(20)25/h4-11H,12-14H2,1-3H3,(H,26,30). The molecule has 2 aromatic carbocycles. The van der Waals surface area contributed by atoms with Crippen LogP contribution in [0.2, 0.25) is 0 Å². The molecular weight excluding hydrogens is 474 g/mol. The Hall–Kier alpha value is -3.10. The van der Waals surface area contributed by atoms with Crippen LogP contribution in [-0.2, 0) is 4.79 Å². The minimum absolute atomic E-state index is 0.0405. The van der Waals surface area contributed by atoms with Crippen LogP contribution in [0.15, 0.2) is 53.0 Å². The molecule has 1 N–H and O–H groups in total. The number of para-hydroxylation sites is 1.